The molecule has 2 rings (SSSR count). The number of hydrogen-bond donors (Lipinski definition) is 3. The van der Waals surface area contributed by atoms with Crippen LogP contribution in [-0.2, 0) is 0 Å². The van der Waals surface area contributed by atoms with E-state index >= 15 is 0 Å². The third-order valence-corrected chi connectivity index (χ3v) is 3.01. The number of nitrogens with one attached hydrogen (secondary N) is 2. The van der Waals surface area contributed by atoms with Crippen molar-refractivity contribution in [1.29, 1.82) is 0 Å². The van der Waals surface area contributed by atoms with Gasteiger partial charge in [0, 0.05) is 12.4 Å². The molecule has 6 nitrogen and oxygen atoms in total. The molecule has 0 saturated carbocycles. The molecule has 7 heteroatoms. The Hall–Kier alpha value is -2.18. The second kappa shape index (κ2) is 6.31. The van der Waals surface area contributed by atoms with Gasteiger partial charge in [-0.05, 0) is 25.1 Å². The van der Waals surface area contributed by atoms with E-state index in [-0.39, 0.29) is 17.0 Å². The minimum atomic E-state index is -0.277. The van der Waals surface area contributed by atoms with Gasteiger partial charge < -0.3 is 10.7 Å². The first-order chi connectivity index (χ1) is 9.61. The third kappa shape index (κ3) is 3.23. The van der Waals surface area contributed by atoms with Crippen LogP contribution in [0.4, 0.5) is 5.82 Å². The van der Waals surface area contributed by atoms with Gasteiger partial charge in [-0.2, -0.15) is 0 Å². The van der Waals surface area contributed by atoms with Gasteiger partial charge in [0.15, 0.2) is 5.82 Å². The van der Waals surface area contributed by atoms with Crippen molar-refractivity contribution in [2.24, 2.45) is 5.84 Å². The Morgan fingerprint density at radius 1 is 1.40 bits per heavy atom. The average molecular weight is 292 g/mol. The lowest BCUT2D eigenvalue weighted by atomic mass is 10.2. The maximum Gasteiger partial charge on any atom is 0.253 e. The van der Waals surface area contributed by atoms with Crippen LogP contribution in [0.5, 0.6) is 0 Å². The SMILES string of the molecule is CC(NC(=O)c1cnc(NN)c(Cl)c1)c1ccccn1. The number of amides is 1. The van der Waals surface area contributed by atoms with Gasteiger partial charge >= 0.3 is 0 Å². The van der Waals surface area contributed by atoms with Crippen LogP contribution in [0.2, 0.25) is 5.02 Å². The summed E-state index contributed by atoms with van der Waals surface area (Å²) in [5.74, 6) is 5.27. The third-order valence-electron chi connectivity index (χ3n) is 2.72. The summed E-state index contributed by atoms with van der Waals surface area (Å²) in [4.78, 5) is 20.2. The van der Waals surface area contributed by atoms with Crippen LogP contribution in [-0.4, -0.2) is 15.9 Å². The van der Waals surface area contributed by atoms with Crippen molar-refractivity contribution in [3.05, 3.63) is 52.9 Å². The molecule has 4 N–H and O–H groups in total. The highest BCUT2D eigenvalue weighted by molar-refractivity contribution is 6.33. The van der Waals surface area contributed by atoms with Gasteiger partial charge in [-0.3, -0.25) is 9.78 Å². The predicted molar refractivity (Wildman–Crippen MR) is 77.2 cm³/mol. The van der Waals surface area contributed by atoms with Crippen LogP contribution in [0.25, 0.3) is 0 Å². The zero-order valence-corrected chi connectivity index (χ0v) is 11.6. The zero-order valence-electron chi connectivity index (χ0n) is 10.8. The predicted octanol–water partition coefficient (Wildman–Crippen LogP) is 1.91. The van der Waals surface area contributed by atoms with Crippen molar-refractivity contribution >= 4 is 23.3 Å². The van der Waals surface area contributed by atoms with Crippen LogP contribution >= 0.6 is 11.6 Å². The Bertz CT molecular complexity index is 605. The second-order valence-corrected chi connectivity index (χ2v) is 4.56. The van der Waals surface area contributed by atoms with Crippen LogP contribution in [0.1, 0.15) is 29.0 Å². The molecule has 1 atom stereocenters. The van der Waals surface area contributed by atoms with Crippen molar-refractivity contribution < 1.29 is 4.79 Å². The summed E-state index contributed by atoms with van der Waals surface area (Å²) in [5, 5.41) is 3.11. The lowest BCUT2D eigenvalue weighted by Crippen LogP contribution is -2.27. The number of hydrogen-bond acceptors (Lipinski definition) is 5. The molecule has 2 aromatic rings. The molecule has 0 fully saturated rings. The molecule has 104 valence electrons. The molecular formula is C13H14ClN5O. The van der Waals surface area contributed by atoms with Crippen molar-refractivity contribution in [3.8, 4) is 0 Å². The molecular weight excluding hydrogens is 278 g/mol. The summed E-state index contributed by atoms with van der Waals surface area (Å²) in [6.07, 6.45) is 3.08. The van der Waals surface area contributed by atoms with Crippen LogP contribution in [0, 0.1) is 0 Å². The number of carbonyl (C=O) groups excluding carboxylic acids is 1. The molecule has 0 aliphatic heterocycles. The topological polar surface area (TPSA) is 92.9 Å². The Balaban J connectivity index is 2.10. The number of anilines is 1. The van der Waals surface area contributed by atoms with Crippen molar-refractivity contribution in [1.82, 2.24) is 15.3 Å². The maximum absolute atomic E-state index is 12.1. The first kappa shape index (κ1) is 14.2. The van der Waals surface area contributed by atoms with Crippen LogP contribution in [0.15, 0.2) is 36.7 Å². The molecule has 0 bridgehead atoms. The van der Waals surface area contributed by atoms with Crippen LogP contribution < -0.4 is 16.6 Å². The summed E-state index contributed by atoms with van der Waals surface area (Å²) in [7, 11) is 0. The molecule has 20 heavy (non-hydrogen) atoms. The fraction of sp³-hybridized carbons (Fsp3) is 0.154. The molecule has 0 aromatic carbocycles. The maximum atomic E-state index is 12.1. The Morgan fingerprint density at radius 2 is 2.20 bits per heavy atom. The second-order valence-electron chi connectivity index (χ2n) is 4.15. The number of nitrogens with zero attached hydrogens (tertiary/aromatic N) is 2. The van der Waals surface area contributed by atoms with Gasteiger partial charge in [0.25, 0.3) is 5.91 Å². The van der Waals surface area contributed by atoms with Crippen molar-refractivity contribution in [3.63, 3.8) is 0 Å². The van der Waals surface area contributed by atoms with E-state index in [4.69, 9.17) is 17.4 Å². The molecule has 0 aliphatic rings. The molecule has 1 amide bonds. The number of aromatic nitrogens is 2. The molecule has 0 spiro atoms. The zero-order chi connectivity index (χ0) is 14.5. The van der Waals surface area contributed by atoms with E-state index in [0.29, 0.717) is 11.4 Å². The van der Waals surface area contributed by atoms with Crippen LogP contribution in [0.3, 0.4) is 0 Å². The van der Waals surface area contributed by atoms with Crippen molar-refractivity contribution in [2.45, 2.75) is 13.0 Å². The van der Waals surface area contributed by atoms with Gasteiger partial charge in [-0.25, -0.2) is 10.8 Å². The number of pyridine rings is 2. The van der Waals surface area contributed by atoms with Crippen molar-refractivity contribution in [2.75, 3.05) is 5.43 Å². The fourth-order valence-corrected chi connectivity index (χ4v) is 1.88. The van der Waals surface area contributed by atoms with Gasteiger partial charge in [0.2, 0.25) is 0 Å². The molecule has 0 saturated heterocycles. The Kier molecular flexibility index (Phi) is 4.49. The highest BCUT2D eigenvalue weighted by atomic mass is 35.5. The summed E-state index contributed by atoms with van der Waals surface area (Å²) in [6, 6.07) is 6.82. The summed E-state index contributed by atoms with van der Waals surface area (Å²) in [5.41, 5.74) is 3.48. The molecule has 2 heterocycles. The Morgan fingerprint density at radius 3 is 2.80 bits per heavy atom. The van der Waals surface area contributed by atoms with E-state index in [0.717, 1.165) is 5.69 Å². The summed E-state index contributed by atoms with van der Waals surface area (Å²) >= 11 is 5.93. The van der Waals surface area contributed by atoms with E-state index in [1.165, 1.54) is 12.3 Å². The Labute approximate surface area is 121 Å². The van der Waals surface area contributed by atoms with E-state index in [1.807, 2.05) is 25.1 Å². The first-order valence-electron chi connectivity index (χ1n) is 5.95. The number of carbonyl (C=O) groups is 1. The fourth-order valence-electron chi connectivity index (χ4n) is 1.65. The molecule has 0 radical (unpaired) electrons. The smallest absolute Gasteiger partial charge is 0.253 e. The number of nitrogens with two attached hydrogens (primary N) is 1. The summed E-state index contributed by atoms with van der Waals surface area (Å²) < 4.78 is 0. The van der Waals surface area contributed by atoms with Gasteiger partial charge in [0.1, 0.15) is 0 Å². The summed E-state index contributed by atoms with van der Waals surface area (Å²) in [6.45, 7) is 1.85. The average Bonchev–Trinajstić information content (AvgIpc) is 2.48. The number of nitrogen functional groups attached to an aromatic ring is 1. The highest BCUT2D eigenvalue weighted by Gasteiger charge is 2.14. The quantitative estimate of drug-likeness (QED) is 0.591. The minimum absolute atomic E-state index is 0.213. The lowest BCUT2D eigenvalue weighted by Gasteiger charge is -2.13. The normalized spacial score (nSPS) is 11.8. The monoisotopic (exact) mass is 291 g/mol. The standard InChI is InChI=1S/C13H14ClN5O/c1-8(11-4-2-3-5-16-11)18-13(20)9-6-10(14)12(19-15)17-7-9/h2-8H,15H2,1H3,(H,17,19)(H,18,20). The van der Waals surface area contributed by atoms with E-state index in [2.05, 4.69) is 20.7 Å². The molecule has 1 unspecified atom stereocenters. The molecule has 0 aliphatic carbocycles. The van der Waals surface area contributed by atoms with E-state index < -0.39 is 0 Å². The lowest BCUT2D eigenvalue weighted by molar-refractivity contribution is 0.0939. The van der Waals surface area contributed by atoms with E-state index in [9.17, 15) is 4.79 Å². The number of halogens is 1. The largest absolute Gasteiger partial charge is 0.344 e. The number of hydrazine groups is 1. The molecule has 2 aromatic heterocycles. The van der Waals surface area contributed by atoms with Gasteiger partial charge in [0.05, 0.1) is 22.3 Å². The van der Waals surface area contributed by atoms with Gasteiger partial charge in [-0.1, -0.05) is 17.7 Å². The minimum Gasteiger partial charge on any atom is -0.344 e. The number of rotatable bonds is 4. The van der Waals surface area contributed by atoms with E-state index in [1.54, 1.807) is 6.20 Å². The first-order valence-corrected chi connectivity index (χ1v) is 6.33. The van der Waals surface area contributed by atoms with Gasteiger partial charge in [-0.15, -0.1) is 0 Å². The highest BCUT2D eigenvalue weighted by Crippen LogP contribution is 2.19.